The molecule has 2 aliphatic rings. The number of rotatable bonds is 2. The van der Waals surface area contributed by atoms with Gasteiger partial charge in [-0.05, 0) is 49.7 Å². The molecule has 1 aliphatic heterocycles. The van der Waals surface area contributed by atoms with Gasteiger partial charge >= 0.3 is 0 Å². The van der Waals surface area contributed by atoms with E-state index in [1.54, 1.807) is 6.08 Å². The van der Waals surface area contributed by atoms with Gasteiger partial charge in [-0.1, -0.05) is 26.5 Å². The summed E-state index contributed by atoms with van der Waals surface area (Å²) in [6, 6.07) is 6.33. The maximum atomic E-state index is 12.4. The van der Waals surface area contributed by atoms with Gasteiger partial charge in [-0.25, -0.2) is 13.8 Å². The van der Waals surface area contributed by atoms with Gasteiger partial charge in [0.25, 0.3) is 5.92 Å². The maximum absolute atomic E-state index is 12.4. The van der Waals surface area contributed by atoms with E-state index in [-0.39, 0.29) is 12.8 Å². The number of alkyl halides is 2. The zero-order valence-electron chi connectivity index (χ0n) is 18.0. The lowest BCUT2D eigenvalue weighted by Gasteiger charge is -2.28. The van der Waals surface area contributed by atoms with Gasteiger partial charge in [0, 0.05) is 55.0 Å². The quantitative estimate of drug-likeness (QED) is 0.595. The van der Waals surface area contributed by atoms with E-state index < -0.39 is 5.92 Å². The third kappa shape index (κ3) is 6.11. The topological polar surface area (TPSA) is 44.9 Å². The number of aromatic nitrogens is 2. The molecule has 0 aromatic carbocycles. The third-order valence-electron chi connectivity index (χ3n) is 5.08. The Morgan fingerprint density at radius 2 is 1.90 bits per heavy atom. The average molecular weight is 413 g/mol. The molecule has 3 heterocycles. The standard InChI is InChI=1S/C16H13N3.C6H11F2N.C2H6/c1-2-12-9-14-7-8-19(16(14)18-11-12)15-5-3-13(10-17)4-6-15;1-9-4-2-6(7,8)3-5-9;1-2/h2-3,5,7-9,11H,1,4,6H2;2-5H2,1H3;1-2H3. The number of nitrogens with zero attached hydrogens (tertiary/aromatic N) is 4. The summed E-state index contributed by atoms with van der Waals surface area (Å²) in [7, 11) is 1.87. The first kappa shape index (κ1) is 23.5. The number of allylic oxidation sites excluding steroid dienone is 4. The molecule has 6 heteroatoms. The number of hydrogen-bond donors (Lipinski definition) is 0. The highest BCUT2D eigenvalue weighted by molar-refractivity contribution is 5.82. The Labute approximate surface area is 177 Å². The molecule has 1 aliphatic carbocycles. The van der Waals surface area contributed by atoms with E-state index in [4.69, 9.17) is 5.26 Å². The van der Waals surface area contributed by atoms with E-state index in [0.717, 1.165) is 35.0 Å². The van der Waals surface area contributed by atoms with Crippen LogP contribution in [0.4, 0.5) is 8.78 Å². The number of hydrogen-bond acceptors (Lipinski definition) is 3. The van der Waals surface area contributed by atoms with E-state index in [2.05, 4.69) is 34.3 Å². The Morgan fingerprint density at radius 1 is 1.20 bits per heavy atom. The largest absolute Gasteiger partial charge is 0.306 e. The number of fused-ring (bicyclic) bond motifs is 1. The molecule has 0 amide bonds. The van der Waals surface area contributed by atoms with Gasteiger partial charge in [-0.2, -0.15) is 5.26 Å². The molecule has 0 saturated carbocycles. The normalized spacial score (nSPS) is 18.0. The minimum Gasteiger partial charge on any atom is -0.306 e. The fourth-order valence-corrected chi connectivity index (χ4v) is 3.25. The summed E-state index contributed by atoms with van der Waals surface area (Å²) in [6.45, 7) is 8.82. The highest BCUT2D eigenvalue weighted by Gasteiger charge is 2.32. The van der Waals surface area contributed by atoms with Crippen molar-refractivity contribution in [1.82, 2.24) is 14.5 Å². The van der Waals surface area contributed by atoms with Gasteiger partial charge in [0.15, 0.2) is 0 Å². The van der Waals surface area contributed by atoms with Crippen molar-refractivity contribution in [2.24, 2.45) is 0 Å². The lowest BCUT2D eigenvalue weighted by molar-refractivity contribution is -0.0504. The highest BCUT2D eigenvalue weighted by Crippen LogP contribution is 2.27. The zero-order valence-corrected chi connectivity index (χ0v) is 18.0. The van der Waals surface area contributed by atoms with Crippen LogP contribution in [-0.2, 0) is 0 Å². The van der Waals surface area contributed by atoms with Crippen LogP contribution in [0.15, 0.2) is 48.8 Å². The van der Waals surface area contributed by atoms with Crippen molar-refractivity contribution in [3.05, 3.63) is 54.4 Å². The lowest BCUT2D eigenvalue weighted by atomic mass is 10.0. The fourth-order valence-electron chi connectivity index (χ4n) is 3.25. The first-order chi connectivity index (χ1) is 14.4. The van der Waals surface area contributed by atoms with Gasteiger partial charge in [0.2, 0.25) is 0 Å². The second-order valence-corrected chi connectivity index (χ2v) is 7.19. The Bertz CT molecular complexity index is 953. The van der Waals surface area contributed by atoms with Gasteiger partial charge in [-0.3, -0.25) is 0 Å². The molecule has 0 spiro atoms. The highest BCUT2D eigenvalue weighted by atomic mass is 19.3. The summed E-state index contributed by atoms with van der Waals surface area (Å²) < 4.78 is 26.8. The SMILES string of the molecule is C=Cc1cnc2c(ccn2C2=CC=C(C#N)CC2)c1.CC.CN1CCC(F)(F)CC1. The summed E-state index contributed by atoms with van der Waals surface area (Å²) in [5.74, 6) is -2.38. The fraction of sp³-hybridized carbons (Fsp3) is 0.417. The molecule has 0 atom stereocenters. The Balaban J connectivity index is 0.000000245. The first-order valence-corrected chi connectivity index (χ1v) is 10.4. The number of piperidine rings is 1. The summed E-state index contributed by atoms with van der Waals surface area (Å²) in [5, 5.41) is 9.97. The van der Waals surface area contributed by atoms with Gasteiger partial charge in [-0.15, -0.1) is 0 Å². The van der Waals surface area contributed by atoms with Crippen LogP contribution in [0.25, 0.3) is 22.8 Å². The molecule has 1 fully saturated rings. The van der Waals surface area contributed by atoms with E-state index in [1.165, 1.54) is 5.70 Å². The van der Waals surface area contributed by atoms with Crippen LogP contribution in [-0.4, -0.2) is 40.5 Å². The summed E-state index contributed by atoms with van der Waals surface area (Å²) in [6.07, 6.45) is 11.3. The minimum absolute atomic E-state index is 0.0312. The van der Waals surface area contributed by atoms with Crippen molar-refractivity contribution < 1.29 is 8.78 Å². The Hall–Kier alpha value is -2.78. The molecule has 0 radical (unpaired) electrons. The second kappa shape index (κ2) is 10.8. The van der Waals surface area contributed by atoms with Crippen LogP contribution in [0.5, 0.6) is 0 Å². The molecule has 0 N–H and O–H groups in total. The molecule has 2 aromatic rings. The van der Waals surface area contributed by atoms with Gasteiger partial charge in [0.05, 0.1) is 6.07 Å². The van der Waals surface area contributed by atoms with E-state index >= 15 is 0 Å². The van der Waals surface area contributed by atoms with Crippen LogP contribution in [0.3, 0.4) is 0 Å². The predicted molar refractivity (Wildman–Crippen MR) is 120 cm³/mol. The first-order valence-electron chi connectivity index (χ1n) is 10.4. The number of likely N-dealkylation sites (tertiary alicyclic amines) is 1. The van der Waals surface area contributed by atoms with Crippen LogP contribution in [0, 0.1) is 11.3 Å². The monoisotopic (exact) mass is 412 g/mol. The molecule has 2 aromatic heterocycles. The Morgan fingerprint density at radius 3 is 2.43 bits per heavy atom. The number of nitriles is 1. The summed E-state index contributed by atoms with van der Waals surface area (Å²) >= 11 is 0. The number of pyridine rings is 1. The second-order valence-electron chi connectivity index (χ2n) is 7.19. The number of halogens is 2. The van der Waals surface area contributed by atoms with Crippen molar-refractivity contribution >= 4 is 22.8 Å². The molecule has 1 saturated heterocycles. The lowest BCUT2D eigenvalue weighted by Crippen LogP contribution is -2.36. The summed E-state index contributed by atoms with van der Waals surface area (Å²) in [4.78, 5) is 6.42. The molecular weight excluding hydrogens is 382 g/mol. The zero-order chi connectivity index (χ0) is 22.1. The van der Waals surface area contributed by atoms with Crippen LogP contribution < -0.4 is 0 Å². The van der Waals surface area contributed by atoms with Crippen molar-refractivity contribution in [1.29, 1.82) is 5.26 Å². The molecular formula is C24H30F2N4. The van der Waals surface area contributed by atoms with Crippen molar-refractivity contribution in [3.63, 3.8) is 0 Å². The van der Waals surface area contributed by atoms with E-state index in [1.807, 2.05) is 50.3 Å². The smallest absolute Gasteiger partial charge is 0.250 e. The predicted octanol–water partition coefficient (Wildman–Crippen LogP) is 6.14. The third-order valence-corrected chi connectivity index (χ3v) is 5.08. The molecule has 160 valence electrons. The van der Waals surface area contributed by atoms with Crippen molar-refractivity contribution in [2.45, 2.75) is 45.5 Å². The summed E-state index contributed by atoms with van der Waals surface area (Å²) in [5.41, 5.74) is 3.98. The molecule has 30 heavy (non-hydrogen) atoms. The van der Waals surface area contributed by atoms with Gasteiger partial charge in [0.1, 0.15) is 5.65 Å². The van der Waals surface area contributed by atoms with E-state index in [0.29, 0.717) is 13.1 Å². The molecule has 4 rings (SSSR count). The average Bonchev–Trinajstić information content (AvgIpc) is 3.21. The van der Waals surface area contributed by atoms with Crippen LogP contribution in [0.1, 0.15) is 45.1 Å². The minimum atomic E-state index is -2.38. The van der Waals surface area contributed by atoms with Gasteiger partial charge < -0.3 is 9.47 Å². The molecule has 4 nitrogen and oxygen atoms in total. The molecule has 0 unspecified atom stereocenters. The molecule has 0 bridgehead atoms. The van der Waals surface area contributed by atoms with E-state index in [9.17, 15) is 8.78 Å². The van der Waals surface area contributed by atoms with Crippen LogP contribution >= 0.6 is 0 Å². The maximum Gasteiger partial charge on any atom is 0.250 e. The van der Waals surface area contributed by atoms with Crippen molar-refractivity contribution in [3.8, 4) is 6.07 Å². The van der Waals surface area contributed by atoms with Crippen molar-refractivity contribution in [2.75, 3.05) is 20.1 Å². The Kier molecular flexibility index (Phi) is 8.49. The van der Waals surface area contributed by atoms with Crippen LogP contribution in [0.2, 0.25) is 0 Å².